The normalized spacial score (nSPS) is 26.6. The summed E-state index contributed by atoms with van der Waals surface area (Å²) in [5, 5.41) is 4.93. The smallest absolute Gasteiger partial charge is 0.224 e. The maximum atomic E-state index is 6.03. The Hall–Kier alpha value is -1.35. The van der Waals surface area contributed by atoms with Gasteiger partial charge in [0.1, 0.15) is 5.82 Å². The topological polar surface area (TPSA) is 37.8 Å². The molecule has 1 aliphatic rings. The van der Waals surface area contributed by atoms with Crippen LogP contribution in [0.1, 0.15) is 33.1 Å². The fraction of sp³-hybridized carbons (Fsp3) is 0.500. The number of anilines is 1. The van der Waals surface area contributed by atoms with Gasteiger partial charge in [0, 0.05) is 11.4 Å². The molecule has 1 N–H and O–H groups in total. The van der Waals surface area contributed by atoms with Gasteiger partial charge in [0.05, 0.1) is 5.52 Å². The van der Waals surface area contributed by atoms with Crippen LogP contribution in [-0.4, -0.2) is 16.0 Å². The lowest BCUT2D eigenvalue weighted by Gasteiger charge is -2.33. The Bertz CT molecular complexity index is 614. The van der Waals surface area contributed by atoms with E-state index in [2.05, 4.69) is 29.1 Å². The Balaban J connectivity index is 1.87. The Morgan fingerprint density at radius 2 is 1.90 bits per heavy atom. The molecule has 2 aromatic rings. The number of nitrogens with zero attached hydrogens (tertiary/aromatic N) is 2. The molecule has 1 saturated carbocycles. The van der Waals surface area contributed by atoms with Crippen molar-refractivity contribution in [3.05, 3.63) is 29.5 Å². The number of benzene rings is 1. The van der Waals surface area contributed by atoms with Crippen molar-refractivity contribution in [1.82, 2.24) is 9.97 Å². The predicted molar refractivity (Wildman–Crippen MR) is 84.1 cm³/mol. The summed E-state index contributed by atoms with van der Waals surface area (Å²) in [5.74, 6) is 2.44. The summed E-state index contributed by atoms with van der Waals surface area (Å²) in [6.07, 6.45) is 3.66. The molecule has 1 fully saturated rings. The highest BCUT2D eigenvalue weighted by molar-refractivity contribution is 6.28. The lowest BCUT2D eigenvalue weighted by Crippen LogP contribution is -2.30. The van der Waals surface area contributed by atoms with E-state index in [0.717, 1.165) is 28.6 Å². The van der Waals surface area contributed by atoms with E-state index in [1.54, 1.807) is 0 Å². The van der Waals surface area contributed by atoms with Gasteiger partial charge in [0.2, 0.25) is 5.28 Å². The maximum Gasteiger partial charge on any atom is 0.224 e. The summed E-state index contributed by atoms with van der Waals surface area (Å²) >= 11 is 6.03. The third-order valence-corrected chi connectivity index (χ3v) is 4.68. The number of hydrogen-bond acceptors (Lipinski definition) is 3. The zero-order chi connectivity index (χ0) is 14.1. The van der Waals surface area contributed by atoms with E-state index < -0.39 is 0 Å². The van der Waals surface area contributed by atoms with Crippen molar-refractivity contribution in [1.29, 1.82) is 0 Å². The van der Waals surface area contributed by atoms with E-state index >= 15 is 0 Å². The van der Waals surface area contributed by atoms with Crippen LogP contribution in [0.4, 0.5) is 5.82 Å². The summed E-state index contributed by atoms with van der Waals surface area (Å²) in [6, 6.07) is 8.48. The van der Waals surface area contributed by atoms with Crippen LogP contribution in [0.3, 0.4) is 0 Å². The van der Waals surface area contributed by atoms with Gasteiger partial charge in [-0.05, 0) is 54.8 Å². The molecule has 0 saturated heterocycles. The first kappa shape index (κ1) is 13.6. The number of fused-ring (bicyclic) bond motifs is 1. The van der Waals surface area contributed by atoms with Gasteiger partial charge in [0.25, 0.3) is 0 Å². The average Bonchev–Trinajstić information content (AvgIpc) is 2.43. The van der Waals surface area contributed by atoms with Crippen molar-refractivity contribution in [3.8, 4) is 0 Å². The highest BCUT2D eigenvalue weighted by Crippen LogP contribution is 2.32. The number of nitrogens with one attached hydrogen (secondary N) is 1. The zero-order valence-corrected chi connectivity index (χ0v) is 12.7. The Kier molecular flexibility index (Phi) is 3.79. The molecule has 3 nitrogen and oxygen atoms in total. The van der Waals surface area contributed by atoms with Crippen LogP contribution < -0.4 is 5.32 Å². The van der Waals surface area contributed by atoms with Crippen LogP contribution >= 0.6 is 11.6 Å². The lowest BCUT2D eigenvalue weighted by atomic mass is 9.79. The quantitative estimate of drug-likeness (QED) is 0.826. The van der Waals surface area contributed by atoms with Crippen molar-refractivity contribution in [2.45, 2.75) is 39.2 Å². The molecule has 3 rings (SSSR count). The molecule has 0 aliphatic heterocycles. The minimum absolute atomic E-state index is 0.309. The molecule has 20 heavy (non-hydrogen) atoms. The summed E-state index contributed by atoms with van der Waals surface area (Å²) in [6.45, 7) is 4.68. The Morgan fingerprint density at radius 1 is 1.10 bits per heavy atom. The van der Waals surface area contributed by atoms with E-state index in [1.807, 2.05) is 24.3 Å². The van der Waals surface area contributed by atoms with Crippen LogP contribution in [0.15, 0.2) is 24.3 Å². The minimum Gasteiger partial charge on any atom is -0.367 e. The van der Waals surface area contributed by atoms with Gasteiger partial charge < -0.3 is 5.32 Å². The fourth-order valence-electron chi connectivity index (χ4n) is 3.03. The van der Waals surface area contributed by atoms with Crippen molar-refractivity contribution in [3.63, 3.8) is 0 Å². The second kappa shape index (κ2) is 5.57. The number of halogens is 1. The predicted octanol–water partition coefficient (Wildman–Crippen LogP) is 4.52. The minimum atomic E-state index is 0.309. The van der Waals surface area contributed by atoms with Crippen molar-refractivity contribution >= 4 is 28.3 Å². The molecule has 1 aromatic heterocycles. The third kappa shape index (κ3) is 2.73. The monoisotopic (exact) mass is 289 g/mol. The summed E-state index contributed by atoms with van der Waals surface area (Å²) in [7, 11) is 0. The van der Waals surface area contributed by atoms with E-state index in [9.17, 15) is 0 Å². The summed E-state index contributed by atoms with van der Waals surface area (Å²) in [4.78, 5) is 8.65. The second-order valence-electron chi connectivity index (χ2n) is 5.97. The number of aromatic nitrogens is 2. The Morgan fingerprint density at radius 3 is 2.70 bits per heavy atom. The van der Waals surface area contributed by atoms with E-state index in [-0.39, 0.29) is 0 Å². The first-order chi connectivity index (χ1) is 9.63. The molecule has 0 amide bonds. The van der Waals surface area contributed by atoms with Crippen LogP contribution in [0, 0.1) is 11.8 Å². The number of para-hydroxylation sites is 1. The molecule has 3 atom stereocenters. The molecule has 0 bridgehead atoms. The van der Waals surface area contributed by atoms with E-state index in [4.69, 9.17) is 11.6 Å². The molecule has 1 aliphatic carbocycles. The van der Waals surface area contributed by atoms with Gasteiger partial charge in [-0.25, -0.2) is 9.97 Å². The van der Waals surface area contributed by atoms with Crippen molar-refractivity contribution in [2.24, 2.45) is 11.8 Å². The van der Waals surface area contributed by atoms with Gasteiger partial charge in [-0.15, -0.1) is 0 Å². The van der Waals surface area contributed by atoms with Crippen LogP contribution in [-0.2, 0) is 0 Å². The molecule has 0 spiro atoms. The van der Waals surface area contributed by atoms with Crippen molar-refractivity contribution in [2.75, 3.05) is 5.32 Å². The second-order valence-corrected chi connectivity index (χ2v) is 6.31. The number of rotatable bonds is 2. The molecular formula is C16H20ClN3. The largest absolute Gasteiger partial charge is 0.367 e. The standard InChI is InChI=1S/C16H20ClN3/c1-10-7-8-12(9-11(10)2)18-15-13-5-3-4-6-14(13)19-16(17)20-15/h3-6,10-12H,7-9H2,1-2H3,(H,18,19,20). The van der Waals surface area contributed by atoms with Gasteiger partial charge in [-0.2, -0.15) is 0 Å². The molecule has 3 unspecified atom stereocenters. The van der Waals surface area contributed by atoms with E-state index in [1.165, 1.54) is 19.3 Å². The van der Waals surface area contributed by atoms with Crippen LogP contribution in [0.2, 0.25) is 5.28 Å². The zero-order valence-electron chi connectivity index (χ0n) is 11.9. The molecule has 4 heteroatoms. The molecular weight excluding hydrogens is 270 g/mol. The Labute approximate surface area is 124 Å². The van der Waals surface area contributed by atoms with Crippen LogP contribution in [0.5, 0.6) is 0 Å². The van der Waals surface area contributed by atoms with E-state index in [0.29, 0.717) is 11.3 Å². The third-order valence-electron chi connectivity index (χ3n) is 4.51. The lowest BCUT2D eigenvalue weighted by molar-refractivity contribution is 0.260. The molecule has 1 aromatic carbocycles. The number of hydrogen-bond donors (Lipinski definition) is 1. The highest BCUT2D eigenvalue weighted by Gasteiger charge is 2.25. The first-order valence-corrected chi connectivity index (χ1v) is 7.70. The maximum absolute atomic E-state index is 6.03. The fourth-order valence-corrected chi connectivity index (χ4v) is 3.21. The highest BCUT2D eigenvalue weighted by atomic mass is 35.5. The average molecular weight is 290 g/mol. The first-order valence-electron chi connectivity index (χ1n) is 7.32. The van der Waals surface area contributed by atoms with Crippen LogP contribution in [0.25, 0.3) is 10.9 Å². The summed E-state index contributed by atoms with van der Waals surface area (Å²) < 4.78 is 0. The molecule has 106 valence electrons. The van der Waals surface area contributed by atoms with Crippen molar-refractivity contribution < 1.29 is 0 Å². The summed E-state index contributed by atoms with van der Waals surface area (Å²) in [5.41, 5.74) is 0.896. The van der Waals surface area contributed by atoms with Gasteiger partial charge in [-0.1, -0.05) is 26.0 Å². The molecule has 1 heterocycles. The van der Waals surface area contributed by atoms with Gasteiger partial charge in [0.15, 0.2) is 0 Å². The molecule has 0 radical (unpaired) electrons. The SMILES string of the molecule is CC1CCC(Nc2nc(Cl)nc3ccccc23)CC1C. The van der Waals surface area contributed by atoms with Gasteiger partial charge >= 0.3 is 0 Å². The van der Waals surface area contributed by atoms with Gasteiger partial charge in [-0.3, -0.25) is 0 Å².